The number of nitrogens with one attached hydrogen (secondary N) is 1. The summed E-state index contributed by atoms with van der Waals surface area (Å²) in [7, 11) is 4.27. The van der Waals surface area contributed by atoms with Gasteiger partial charge in [0, 0.05) is 18.8 Å². The quantitative estimate of drug-likeness (QED) is 0.648. The molecule has 0 aliphatic carbocycles. The summed E-state index contributed by atoms with van der Waals surface area (Å²) in [5.41, 5.74) is 9.39. The molecule has 2 heterocycles. The van der Waals surface area contributed by atoms with Gasteiger partial charge in [0.1, 0.15) is 5.84 Å². The molecule has 1 aromatic rings. The van der Waals surface area contributed by atoms with Crippen LogP contribution in [0.25, 0.3) is 0 Å². The number of rotatable bonds is 3. The van der Waals surface area contributed by atoms with Crippen molar-refractivity contribution in [2.24, 2.45) is 5.73 Å². The summed E-state index contributed by atoms with van der Waals surface area (Å²) >= 11 is 0. The highest BCUT2D eigenvalue weighted by Crippen LogP contribution is 2.27. The fourth-order valence-corrected chi connectivity index (χ4v) is 3.00. The number of anilines is 1. The molecule has 0 radical (unpaired) electrons. The lowest BCUT2D eigenvalue weighted by molar-refractivity contribution is 0.253. The van der Waals surface area contributed by atoms with Crippen LogP contribution in [-0.4, -0.2) is 48.9 Å². The Morgan fingerprint density at radius 2 is 2.00 bits per heavy atom. The molecule has 5 nitrogen and oxygen atoms in total. The normalized spacial score (nSPS) is 17.2. The number of likely N-dealkylation sites (tertiary alicyclic amines) is 1. The van der Waals surface area contributed by atoms with E-state index in [2.05, 4.69) is 28.9 Å². The Labute approximate surface area is 121 Å². The maximum atomic E-state index is 7.83. The highest BCUT2D eigenvalue weighted by Gasteiger charge is 2.24. The van der Waals surface area contributed by atoms with Crippen molar-refractivity contribution < 1.29 is 0 Å². The lowest BCUT2D eigenvalue weighted by Gasteiger charge is -2.37. The second-order valence-electron chi connectivity index (χ2n) is 5.80. The molecule has 0 amide bonds. The third-order valence-corrected chi connectivity index (χ3v) is 4.19. The van der Waals surface area contributed by atoms with Crippen molar-refractivity contribution in [2.75, 3.05) is 32.1 Å². The number of nitrogens with two attached hydrogens (primary N) is 1. The van der Waals surface area contributed by atoms with Crippen molar-refractivity contribution in [1.29, 1.82) is 5.41 Å². The smallest absolute Gasteiger partial charge is 0.126 e. The summed E-state index contributed by atoms with van der Waals surface area (Å²) in [5, 5.41) is 7.83. The van der Waals surface area contributed by atoms with Gasteiger partial charge in [-0.25, -0.2) is 0 Å². The molecule has 0 unspecified atom stereocenters. The molecule has 1 saturated heterocycles. The van der Waals surface area contributed by atoms with Crippen LogP contribution in [-0.2, 0) is 0 Å². The molecule has 3 N–H and O–H groups in total. The Bertz CT molecular complexity index is 503. The van der Waals surface area contributed by atoms with Gasteiger partial charge in [0.2, 0.25) is 0 Å². The largest absolute Gasteiger partial charge is 0.384 e. The number of hydrogen-bond donors (Lipinski definition) is 2. The van der Waals surface area contributed by atoms with Crippen molar-refractivity contribution in [3.05, 3.63) is 23.0 Å². The zero-order chi connectivity index (χ0) is 14.9. The monoisotopic (exact) mass is 275 g/mol. The van der Waals surface area contributed by atoms with E-state index >= 15 is 0 Å². The van der Waals surface area contributed by atoms with E-state index < -0.39 is 0 Å². The zero-order valence-corrected chi connectivity index (χ0v) is 12.9. The van der Waals surface area contributed by atoms with Gasteiger partial charge in [-0.1, -0.05) is 0 Å². The first-order chi connectivity index (χ1) is 9.40. The molecule has 0 saturated carbocycles. The molecule has 5 heteroatoms. The van der Waals surface area contributed by atoms with E-state index in [0.29, 0.717) is 6.04 Å². The minimum absolute atomic E-state index is 0.102. The maximum Gasteiger partial charge on any atom is 0.126 e. The van der Waals surface area contributed by atoms with Crippen LogP contribution in [0.4, 0.5) is 5.69 Å². The highest BCUT2D eigenvalue weighted by molar-refractivity contribution is 6.01. The summed E-state index contributed by atoms with van der Waals surface area (Å²) < 4.78 is 0. The number of hydrogen-bond acceptors (Lipinski definition) is 4. The van der Waals surface area contributed by atoms with E-state index in [4.69, 9.17) is 11.1 Å². The van der Waals surface area contributed by atoms with E-state index in [9.17, 15) is 0 Å². The van der Waals surface area contributed by atoms with Gasteiger partial charge in [-0.15, -0.1) is 0 Å². The van der Waals surface area contributed by atoms with Crippen LogP contribution in [0.15, 0.2) is 6.07 Å². The number of nitrogen functional groups attached to an aromatic ring is 1. The van der Waals surface area contributed by atoms with Crippen LogP contribution in [0.1, 0.15) is 29.8 Å². The summed E-state index contributed by atoms with van der Waals surface area (Å²) in [5.74, 6) is 0.102. The van der Waals surface area contributed by atoms with Gasteiger partial charge in [-0.05, 0) is 52.9 Å². The van der Waals surface area contributed by atoms with Crippen LogP contribution in [0.3, 0.4) is 0 Å². The molecule has 0 bridgehead atoms. The van der Waals surface area contributed by atoms with Gasteiger partial charge in [0.25, 0.3) is 0 Å². The first kappa shape index (κ1) is 14.8. The van der Waals surface area contributed by atoms with E-state index in [1.165, 1.54) is 0 Å². The molecule has 2 rings (SSSR count). The van der Waals surface area contributed by atoms with Gasteiger partial charge < -0.3 is 15.5 Å². The Morgan fingerprint density at radius 1 is 1.40 bits per heavy atom. The first-order valence-corrected chi connectivity index (χ1v) is 7.14. The molecule has 1 aliphatic heterocycles. The van der Waals surface area contributed by atoms with Crippen LogP contribution in [0.5, 0.6) is 0 Å². The summed E-state index contributed by atoms with van der Waals surface area (Å²) in [6.45, 7) is 6.15. The van der Waals surface area contributed by atoms with Crippen LogP contribution >= 0.6 is 0 Å². The average molecular weight is 275 g/mol. The van der Waals surface area contributed by atoms with Gasteiger partial charge in [-0.3, -0.25) is 10.4 Å². The van der Waals surface area contributed by atoms with Crippen molar-refractivity contribution in [2.45, 2.75) is 32.7 Å². The van der Waals surface area contributed by atoms with E-state index in [-0.39, 0.29) is 5.84 Å². The topological polar surface area (TPSA) is 69.2 Å². The Balaban J connectivity index is 2.33. The standard InChI is InChI=1S/C15H25N5/c1-10-9-13(14(15(16)17)11(2)18-10)20(4)12-5-7-19(3)8-6-12/h9,12H,5-8H2,1-4H3,(H3,16,17). The summed E-state index contributed by atoms with van der Waals surface area (Å²) in [6, 6.07) is 2.55. The summed E-state index contributed by atoms with van der Waals surface area (Å²) in [6.07, 6.45) is 2.29. The van der Waals surface area contributed by atoms with Crippen LogP contribution < -0.4 is 10.6 Å². The lowest BCUT2D eigenvalue weighted by atomic mass is 10.0. The molecule has 0 spiro atoms. The Morgan fingerprint density at radius 3 is 2.55 bits per heavy atom. The zero-order valence-electron chi connectivity index (χ0n) is 12.9. The second-order valence-corrected chi connectivity index (χ2v) is 5.80. The fraction of sp³-hybridized carbons (Fsp3) is 0.600. The predicted molar refractivity (Wildman–Crippen MR) is 83.6 cm³/mol. The first-order valence-electron chi connectivity index (χ1n) is 7.14. The number of pyridine rings is 1. The maximum absolute atomic E-state index is 7.83. The highest BCUT2D eigenvalue weighted by atomic mass is 15.2. The molecular formula is C15H25N5. The molecule has 1 aromatic heterocycles. The molecule has 1 fully saturated rings. The Hall–Kier alpha value is -1.62. The van der Waals surface area contributed by atoms with Crippen molar-refractivity contribution in [3.8, 4) is 0 Å². The third kappa shape index (κ3) is 2.93. The minimum atomic E-state index is 0.102. The summed E-state index contributed by atoms with van der Waals surface area (Å²) in [4.78, 5) is 9.08. The van der Waals surface area contributed by atoms with Crippen molar-refractivity contribution in [1.82, 2.24) is 9.88 Å². The van der Waals surface area contributed by atoms with Crippen molar-refractivity contribution in [3.63, 3.8) is 0 Å². The number of amidine groups is 1. The van der Waals surface area contributed by atoms with E-state index in [1.54, 1.807) is 0 Å². The average Bonchev–Trinajstić information content (AvgIpc) is 2.37. The number of aromatic nitrogens is 1. The number of aryl methyl sites for hydroxylation is 2. The van der Waals surface area contributed by atoms with Gasteiger partial charge >= 0.3 is 0 Å². The molecular weight excluding hydrogens is 250 g/mol. The number of nitrogens with zero attached hydrogens (tertiary/aromatic N) is 3. The van der Waals surface area contributed by atoms with Crippen LogP contribution in [0, 0.1) is 19.3 Å². The Kier molecular flexibility index (Phi) is 4.28. The van der Waals surface area contributed by atoms with E-state index in [1.807, 2.05) is 19.9 Å². The second kappa shape index (κ2) is 5.79. The molecule has 0 aromatic carbocycles. The van der Waals surface area contributed by atoms with E-state index in [0.717, 1.165) is 48.6 Å². The number of piperidine rings is 1. The molecule has 110 valence electrons. The van der Waals surface area contributed by atoms with Gasteiger partial charge in [-0.2, -0.15) is 0 Å². The predicted octanol–water partition coefficient (Wildman–Crippen LogP) is 1.51. The van der Waals surface area contributed by atoms with Gasteiger partial charge in [0.05, 0.1) is 16.9 Å². The van der Waals surface area contributed by atoms with Crippen molar-refractivity contribution >= 4 is 11.5 Å². The lowest BCUT2D eigenvalue weighted by Crippen LogP contribution is -2.42. The van der Waals surface area contributed by atoms with Crippen LogP contribution in [0.2, 0.25) is 0 Å². The van der Waals surface area contributed by atoms with Gasteiger partial charge in [0.15, 0.2) is 0 Å². The molecule has 20 heavy (non-hydrogen) atoms. The molecule has 0 atom stereocenters. The molecule has 1 aliphatic rings. The minimum Gasteiger partial charge on any atom is -0.384 e. The fourth-order valence-electron chi connectivity index (χ4n) is 3.00. The SMILES string of the molecule is Cc1cc(N(C)C2CCN(C)CC2)c(C(=N)N)c(C)n1. The third-order valence-electron chi connectivity index (χ3n) is 4.19.